The average Bonchev–Trinajstić information content (AvgIpc) is 2.13. The van der Waals surface area contributed by atoms with Crippen molar-refractivity contribution >= 4 is 57.1 Å². The Morgan fingerprint density at radius 2 is 1.77 bits per heavy atom. The highest BCUT2D eigenvalue weighted by Gasteiger charge is 2.10. The Morgan fingerprint density at radius 1 is 1.23 bits per heavy atom. The van der Waals surface area contributed by atoms with E-state index in [4.69, 9.17) is 9.47 Å². The lowest BCUT2D eigenvalue weighted by molar-refractivity contribution is -0.154. The molecule has 0 aromatic carbocycles. The smallest absolute Gasteiger partial charge is 0.316 e. The second kappa shape index (κ2) is 7.77. The summed E-state index contributed by atoms with van der Waals surface area (Å²) in [5.41, 5.74) is 0. The van der Waals surface area contributed by atoms with Gasteiger partial charge >= 0.3 is 11.9 Å². The van der Waals surface area contributed by atoms with Crippen molar-refractivity contribution in [2.24, 2.45) is 0 Å². The van der Waals surface area contributed by atoms with E-state index in [1.54, 1.807) is 6.92 Å². The molecule has 4 nitrogen and oxygen atoms in total. The fourth-order valence-electron chi connectivity index (χ4n) is 0.539. The normalized spacial score (nSPS) is 11.9. The highest BCUT2D eigenvalue weighted by atomic mass is 127. The number of esters is 2. The first-order chi connectivity index (χ1) is 6.10. The predicted octanol–water partition coefficient (Wildman–Crippen LogP) is 1.33. The Morgan fingerprint density at radius 3 is 2.23 bits per heavy atom. The molecule has 0 N–H and O–H groups in total. The molecule has 1 atom stereocenters. The summed E-state index contributed by atoms with van der Waals surface area (Å²) in [7, 11) is 0. The van der Waals surface area contributed by atoms with Gasteiger partial charge in [-0.25, -0.2) is 0 Å². The number of hydrogen-bond donors (Lipinski definition) is 0. The van der Waals surface area contributed by atoms with Crippen LogP contribution >= 0.6 is 45.2 Å². The Balaban J connectivity index is 3.56. The third kappa shape index (κ3) is 7.47. The zero-order valence-corrected chi connectivity index (χ0v) is 11.4. The minimum atomic E-state index is -0.367. The molecule has 6 heteroatoms. The molecule has 0 spiro atoms. The summed E-state index contributed by atoms with van der Waals surface area (Å²) in [6, 6.07) is 0. The molecule has 76 valence electrons. The van der Waals surface area contributed by atoms with Crippen molar-refractivity contribution in [1.29, 1.82) is 0 Å². The van der Waals surface area contributed by atoms with Crippen LogP contribution in [0.25, 0.3) is 0 Å². The maximum Gasteiger partial charge on any atom is 0.316 e. The fourth-order valence-corrected chi connectivity index (χ4v) is 0.939. The van der Waals surface area contributed by atoms with E-state index in [1.165, 1.54) is 0 Å². The van der Waals surface area contributed by atoms with Crippen molar-refractivity contribution in [2.75, 3.05) is 15.5 Å². The lowest BCUT2D eigenvalue weighted by Crippen LogP contribution is -2.23. The molecular formula is C7H10I2O4. The quantitative estimate of drug-likeness (QED) is 0.389. The molecule has 0 fully saturated rings. The zero-order chi connectivity index (χ0) is 10.3. The molecule has 0 aliphatic carbocycles. The Kier molecular flexibility index (Phi) is 8.01. The SMILES string of the molecule is CC(COC(=O)CI)OC(=O)CI. The summed E-state index contributed by atoms with van der Waals surface area (Å²) in [6.07, 6.45) is -0.367. The van der Waals surface area contributed by atoms with Gasteiger partial charge in [-0.15, -0.1) is 0 Å². The monoisotopic (exact) mass is 412 g/mol. The van der Waals surface area contributed by atoms with Gasteiger partial charge in [0.15, 0.2) is 0 Å². The van der Waals surface area contributed by atoms with E-state index in [0.29, 0.717) is 8.86 Å². The summed E-state index contributed by atoms with van der Waals surface area (Å²) < 4.78 is 10.3. The van der Waals surface area contributed by atoms with E-state index in [1.807, 2.05) is 45.2 Å². The van der Waals surface area contributed by atoms with Crippen molar-refractivity contribution in [3.05, 3.63) is 0 Å². The molecule has 0 heterocycles. The summed E-state index contributed by atoms with van der Waals surface area (Å²) in [4.78, 5) is 21.5. The fraction of sp³-hybridized carbons (Fsp3) is 0.714. The lowest BCUT2D eigenvalue weighted by Gasteiger charge is -2.11. The van der Waals surface area contributed by atoms with E-state index < -0.39 is 0 Å². The van der Waals surface area contributed by atoms with Crippen LogP contribution in [0.4, 0.5) is 0 Å². The van der Waals surface area contributed by atoms with E-state index in [2.05, 4.69) is 0 Å². The van der Waals surface area contributed by atoms with Gasteiger partial charge in [0.25, 0.3) is 0 Å². The number of carbonyl (C=O) groups is 2. The van der Waals surface area contributed by atoms with Crippen molar-refractivity contribution in [3.63, 3.8) is 0 Å². The molecular weight excluding hydrogens is 402 g/mol. The summed E-state index contributed by atoms with van der Waals surface area (Å²) in [5, 5.41) is 0. The minimum Gasteiger partial charge on any atom is -0.461 e. The van der Waals surface area contributed by atoms with Crippen LogP contribution in [0.1, 0.15) is 6.92 Å². The second-order valence-corrected chi connectivity index (χ2v) is 3.78. The van der Waals surface area contributed by atoms with Crippen molar-refractivity contribution in [1.82, 2.24) is 0 Å². The number of rotatable bonds is 5. The van der Waals surface area contributed by atoms with Gasteiger partial charge in [-0.2, -0.15) is 0 Å². The van der Waals surface area contributed by atoms with Crippen LogP contribution in [0, 0.1) is 0 Å². The number of carbonyl (C=O) groups excluding carboxylic acids is 2. The molecule has 0 rings (SSSR count). The van der Waals surface area contributed by atoms with Crippen LogP contribution in [0.3, 0.4) is 0 Å². The molecule has 0 aromatic heterocycles. The molecule has 13 heavy (non-hydrogen) atoms. The van der Waals surface area contributed by atoms with Crippen LogP contribution < -0.4 is 0 Å². The first-order valence-electron chi connectivity index (χ1n) is 3.57. The molecule has 0 bridgehead atoms. The van der Waals surface area contributed by atoms with Gasteiger partial charge in [0, 0.05) is 0 Å². The molecule has 0 aliphatic rings. The summed E-state index contributed by atoms with van der Waals surface area (Å²) >= 11 is 3.82. The summed E-state index contributed by atoms with van der Waals surface area (Å²) in [6.45, 7) is 1.81. The number of ether oxygens (including phenoxy) is 2. The topological polar surface area (TPSA) is 52.6 Å². The van der Waals surface area contributed by atoms with Gasteiger partial charge in [-0.05, 0) is 6.92 Å². The molecule has 0 saturated heterocycles. The minimum absolute atomic E-state index is 0.129. The molecule has 0 aliphatic heterocycles. The van der Waals surface area contributed by atoms with Crippen molar-refractivity contribution in [2.45, 2.75) is 13.0 Å². The Hall–Kier alpha value is 0.400. The van der Waals surface area contributed by atoms with Crippen LogP contribution in [-0.2, 0) is 19.1 Å². The summed E-state index contributed by atoms with van der Waals surface area (Å²) in [5.74, 6) is -0.586. The molecule has 0 amide bonds. The third-order valence-corrected chi connectivity index (χ3v) is 2.28. The van der Waals surface area contributed by atoms with Gasteiger partial charge in [-0.3, -0.25) is 9.59 Å². The zero-order valence-electron chi connectivity index (χ0n) is 7.09. The van der Waals surface area contributed by atoms with Crippen LogP contribution in [-0.4, -0.2) is 33.5 Å². The van der Waals surface area contributed by atoms with Gasteiger partial charge < -0.3 is 9.47 Å². The van der Waals surface area contributed by atoms with E-state index in [9.17, 15) is 9.59 Å². The number of halogens is 2. The van der Waals surface area contributed by atoms with E-state index in [-0.39, 0.29) is 24.6 Å². The van der Waals surface area contributed by atoms with Crippen LogP contribution in [0.15, 0.2) is 0 Å². The van der Waals surface area contributed by atoms with Gasteiger partial charge in [0.2, 0.25) is 0 Å². The second-order valence-electron chi connectivity index (χ2n) is 2.25. The van der Waals surface area contributed by atoms with E-state index in [0.717, 1.165) is 0 Å². The standard InChI is InChI=1S/C7H10I2O4/c1-5(13-7(11)3-9)4-12-6(10)2-8/h5H,2-4H2,1H3. The highest BCUT2D eigenvalue weighted by Crippen LogP contribution is 1.96. The average molecular weight is 412 g/mol. The largest absolute Gasteiger partial charge is 0.461 e. The predicted molar refractivity (Wildman–Crippen MR) is 64.3 cm³/mol. The van der Waals surface area contributed by atoms with Crippen LogP contribution in [0.2, 0.25) is 0 Å². The molecule has 1 unspecified atom stereocenters. The van der Waals surface area contributed by atoms with Crippen LogP contribution in [0.5, 0.6) is 0 Å². The van der Waals surface area contributed by atoms with Gasteiger partial charge in [0.05, 0.1) is 8.86 Å². The van der Waals surface area contributed by atoms with Gasteiger partial charge in [0.1, 0.15) is 12.7 Å². The maximum absolute atomic E-state index is 10.8. The number of hydrogen-bond acceptors (Lipinski definition) is 4. The third-order valence-electron chi connectivity index (χ3n) is 1.03. The van der Waals surface area contributed by atoms with Crippen molar-refractivity contribution in [3.8, 4) is 0 Å². The molecule has 0 saturated carbocycles. The number of alkyl halides is 2. The van der Waals surface area contributed by atoms with E-state index >= 15 is 0 Å². The Bertz CT molecular complexity index is 183. The molecule has 0 radical (unpaired) electrons. The Labute approximate surface area is 104 Å². The van der Waals surface area contributed by atoms with Gasteiger partial charge in [-0.1, -0.05) is 45.2 Å². The maximum atomic E-state index is 10.8. The lowest BCUT2D eigenvalue weighted by atomic mass is 10.4. The van der Waals surface area contributed by atoms with Crippen molar-refractivity contribution < 1.29 is 19.1 Å². The first kappa shape index (κ1) is 13.4. The molecule has 0 aromatic rings. The highest BCUT2D eigenvalue weighted by molar-refractivity contribution is 14.1. The first-order valence-corrected chi connectivity index (χ1v) is 6.62.